The monoisotopic (exact) mass is 305 g/mol. The molecule has 2 unspecified atom stereocenters. The Labute approximate surface area is 121 Å². The van der Waals surface area contributed by atoms with Gasteiger partial charge in [-0.25, -0.2) is 4.98 Å². The van der Waals surface area contributed by atoms with Gasteiger partial charge in [-0.05, 0) is 24.3 Å². The van der Waals surface area contributed by atoms with Crippen LogP contribution in [0, 0.1) is 0 Å². The van der Waals surface area contributed by atoms with Crippen molar-refractivity contribution < 1.29 is 23.5 Å². The molecule has 1 N–H and O–H groups in total. The molecular formula is C14H12NO5P. The molecule has 1 aromatic carbocycles. The van der Waals surface area contributed by atoms with E-state index in [1.165, 1.54) is 0 Å². The van der Waals surface area contributed by atoms with Gasteiger partial charge in [0, 0.05) is 10.9 Å². The van der Waals surface area contributed by atoms with Crippen molar-refractivity contribution in [2.75, 3.05) is 6.79 Å². The third kappa shape index (κ3) is 2.94. The smallest absolute Gasteiger partial charge is 0.318 e. The van der Waals surface area contributed by atoms with Crippen LogP contribution < -0.4 is 0 Å². The molecule has 7 heteroatoms. The summed E-state index contributed by atoms with van der Waals surface area (Å²) in [4.78, 5) is 25.3. The highest BCUT2D eigenvalue weighted by Crippen LogP contribution is 2.24. The minimum absolute atomic E-state index is 0.244. The topological polar surface area (TPSA) is 85.7 Å². The summed E-state index contributed by atoms with van der Waals surface area (Å²) in [5.74, 6) is -0.244. The highest BCUT2D eigenvalue weighted by atomic mass is 31.1. The quantitative estimate of drug-likeness (QED) is 0.688. The second kappa shape index (κ2) is 5.87. The molecule has 6 nitrogen and oxygen atoms in total. The predicted molar refractivity (Wildman–Crippen MR) is 77.2 cm³/mol. The Kier molecular flexibility index (Phi) is 3.94. The summed E-state index contributed by atoms with van der Waals surface area (Å²) in [6.07, 6.45) is 2.43. The summed E-state index contributed by atoms with van der Waals surface area (Å²) in [7, 11) is -3.06. The van der Waals surface area contributed by atoms with Gasteiger partial charge in [0.2, 0.25) is 0 Å². The summed E-state index contributed by atoms with van der Waals surface area (Å²) in [5.41, 5.74) is 1.88. The van der Waals surface area contributed by atoms with E-state index in [4.69, 9.17) is 9.63 Å². The maximum Gasteiger partial charge on any atom is 0.318 e. The Bertz CT molecular complexity index is 758. The van der Waals surface area contributed by atoms with Crippen molar-refractivity contribution in [3.05, 3.63) is 47.7 Å². The number of hydrogen-bond acceptors (Lipinski definition) is 5. The second-order valence-corrected chi connectivity index (χ2v) is 5.27. The van der Waals surface area contributed by atoms with Crippen LogP contribution in [-0.4, -0.2) is 28.6 Å². The van der Waals surface area contributed by atoms with Gasteiger partial charge in [-0.2, -0.15) is 0 Å². The third-order valence-corrected chi connectivity index (χ3v) is 3.50. The lowest BCUT2D eigenvalue weighted by molar-refractivity contribution is -0.00964. The lowest BCUT2D eigenvalue weighted by Crippen LogP contribution is -2.26. The standard InChI is InChI=1S/C14H12NO5P/c16-14-10-7-9-3-1-2-4-11(9)15-12(10)5-6-13(14)19-8-20-21(17)18/h1-7,13,21H,8H2,(H,17,18). The Morgan fingerprint density at radius 1 is 1.33 bits per heavy atom. The van der Waals surface area contributed by atoms with E-state index in [1.807, 2.05) is 24.3 Å². The van der Waals surface area contributed by atoms with Crippen molar-refractivity contribution in [2.24, 2.45) is 0 Å². The molecule has 1 aromatic heterocycles. The highest BCUT2D eigenvalue weighted by molar-refractivity contribution is 7.32. The highest BCUT2D eigenvalue weighted by Gasteiger charge is 2.25. The van der Waals surface area contributed by atoms with E-state index in [-0.39, 0.29) is 5.78 Å². The van der Waals surface area contributed by atoms with Crippen LogP contribution in [0.1, 0.15) is 16.1 Å². The van der Waals surface area contributed by atoms with Gasteiger partial charge in [0.1, 0.15) is 6.10 Å². The molecular weight excluding hydrogens is 293 g/mol. The number of aromatic nitrogens is 1. The summed E-state index contributed by atoms with van der Waals surface area (Å²) in [6, 6.07) is 9.29. The van der Waals surface area contributed by atoms with Crippen LogP contribution in [0.2, 0.25) is 0 Å². The third-order valence-electron chi connectivity index (χ3n) is 3.14. The molecule has 3 rings (SSSR count). The minimum Gasteiger partial charge on any atom is -0.339 e. The van der Waals surface area contributed by atoms with E-state index in [2.05, 4.69) is 9.51 Å². The molecule has 0 radical (unpaired) electrons. The zero-order valence-electron chi connectivity index (χ0n) is 10.9. The molecule has 0 saturated heterocycles. The molecule has 1 aliphatic carbocycles. The Hall–Kier alpha value is -1.85. The van der Waals surface area contributed by atoms with Gasteiger partial charge in [-0.3, -0.25) is 13.9 Å². The molecule has 0 bridgehead atoms. The number of nitrogens with zero attached hydrogens (tertiary/aromatic N) is 1. The lowest BCUT2D eigenvalue weighted by Gasteiger charge is -2.18. The van der Waals surface area contributed by atoms with E-state index in [0.29, 0.717) is 11.3 Å². The van der Waals surface area contributed by atoms with Crippen molar-refractivity contribution in [1.29, 1.82) is 0 Å². The number of rotatable bonds is 4. The number of ether oxygens (including phenoxy) is 1. The normalized spacial score (nSPS) is 18.7. The average Bonchev–Trinajstić information content (AvgIpc) is 2.48. The SMILES string of the molecule is O=C1c2cc3ccccc3nc2C=CC1OCO[PH](=O)O. The zero-order chi connectivity index (χ0) is 14.8. The fourth-order valence-electron chi connectivity index (χ4n) is 2.16. The van der Waals surface area contributed by atoms with E-state index >= 15 is 0 Å². The molecule has 0 spiro atoms. The fraction of sp³-hybridized carbons (Fsp3) is 0.143. The van der Waals surface area contributed by atoms with Crippen molar-refractivity contribution in [2.45, 2.75) is 6.10 Å². The first-order valence-electron chi connectivity index (χ1n) is 6.24. The first kappa shape index (κ1) is 14.1. The molecule has 1 aliphatic rings. The first-order valence-corrected chi connectivity index (χ1v) is 7.51. The maximum absolute atomic E-state index is 12.3. The largest absolute Gasteiger partial charge is 0.339 e. The van der Waals surface area contributed by atoms with E-state index in [1.54, 1.807) is 18.2 Å². The van der Waals surface area contributed by atoms with Crippen LogP contribution in [0.4, 0.5) is 0 Å². The van der Waals surface area contributed by atoms with Gasteiger partial charge in [0.05, 0.1) is 11.2 Å². The number of hydrogen-bond donors (Lipinski definition) is 1. The Morgan fingerprint density at radius 2 is 2.14 bits per heavy atom. The summed E-state index contributed by atoms with van der Waals surface area (Å²) in [6.45, 7) is -0.411. The van der Waals surface area contributed by atoms with E-state index in [9.17, 15) is 9.36 Å². The van der Waals surface area contributed by atoms with Gasteiger partial charge < -0.3 is 9.63 Å². The predicted octanol–water partition coefficient (Wildman–Crippen LogP) is 2.19. The van der Waals surface area contributed by atoms with Crippen molar-refractivity contribution in [3.63, 3.8) is 0 Å². The van der Waals surface area contributed by atoms with Gasteiger partial charge in [0.25, 0.3) is 0 Å². The molecule has 0 fully saturated rings. The number of para-hydroxylation sites is 1. The number of fused-ring (bicyclic) bond motifs is 2. The average molecular weight is 305 g/mol. The number of benzene rings is 1. The van der Waals surface area contributed by atoms with E-state index < -0.39 is 21.2 Å². The molecule has 2 aromatic rings. The van der Waals surface area contributed by atoms with Crippen LogP contribution in [0.5, 0.6) is 0 Å². The van der Waals surface area contributed by atoms with Crippen LogP contribution in [0.25, 0.3) is 17.0 Å². The first-order chi connectivity index (χ1) is 10.1. The van der Waals surface area contributed by atoms with Crippen LogP contribution in [0.3, 0.4) is 0 Å². The van der Waals surface area contributed by atoms with Gasteiger partial charge in [-0.1, -0.05) is 18.2 Å². The fourth-order valence-corrected chi connectivity index (χ4v) is 2.33. The second-order valence-electron chi connectivity index (χ2n) is 4.45. The zero-order valence-corrected chi connectivity index (χ0v) is 11.9. The molecule has 0 saturated carbocycles. The summed E-state index contributed by atoms with van der Waals surface area (Å²) >= 11 is 0. The van der Waals surface area contributed by atoms with Crippen molar-refractivity contribution in [3.8, 4) is 0 Å². The number of carbonyl (C=O) groups excluding carboxylic acids is 1. The molecule has 2 atom stereocenters. The van der Waals surface area contributed by atoms with Gasteiger partial charge >= 0.3 is 8.25 Å². The molecule has 108 valence electrons. The minimum atomic E-state index is -3.06. The number of Topliss-reactive ketones (excluding diaryl/α,β-unsaturated/α-hetero) is 1. The molecule has 1 heterocycles. The Balaban J connectivity index is 1.87. The van der Waals surface area contributed by atoms with Crippen LogP contribution >= 0.6 is 8.25 Å². The summed E-state index contributed by atoms with van der Waals surface area (Å²) in [5, 5.41) is 0.871. The van der Waals surface area contributed by atoms with Crippen molar-refractivity contribution in [1.82, 2.24) is 4.98 Å². The van der Waals surface area contributed by atoms with Crippen LogP contribution in [-0.2, 0) is 13.8 Å². The number of carbonyl (C=O) groups is 1. The molecule has 0 amide bonds. The number of ketones is 1. The lowest BCUT2D eigenvalue weighted by atomic mass is 9.97. The van der Waals surface area contributed by atoms with Gasteiger partial charge in [-0.15, -0.1) is 0 Å². The number of pyridine rings is 1. The van der Waals surface area contributed by atoms with Gasteiger partial charge in [0.15, 0.2) is 12.6 Å². The molecule has 0 aliphatic heterocycles. The van der Waals surface area contributed by atoms with E-state index in [0.717, 1.165) is 10.9 Å². The van der Waals surface area contributed by atoms with Crippen molar-refractivity contribution >= 4 is 31.0 Å². The maximum atomic E-state index is 12.3. The van der Waals surface area contributed by atoms with Crippen LogP contribution in [0.15, 0.2) is 36.4 Å². The molecule has 21 heavy (non-hydrogen) atoms. The summed E-state index contributed by atoms with van der Waals surface area (Å²) < 4.78 is 20.0. The Morgan fingerprint density at radius 3 is 2.95 bits per heavy atom.